The number of benzene rings is 1. The van der Waals surface area contributed by atoms with Gasteiger partial charge in [0.25, 0.3) is 0 Å². The standard InChI is InChI=1S/C20H22BrN3S2/c1-2-10-24-19(17-13-25-18-9-4-3-8-16(17)18)22-23-20(24)26-12-14-6-5-7-15(21)11-14/h5-7,11,13H,2-4,8-10,12H2,1H3. The van der Waals surface area contributed by atoms with E-state index < -0.39 is 0 Å². The normalized spacial score (nSPS) is 13.8. The minimum atomic E-state index is 0.906. The van der Waals surface area contributed by atoms with Gasteiger partial charge in [0.1, 0.15) is 0 Å². The molecule has 1 aliphatic rings. The second kappa shape index (κ2) is 8.28. The van der Waals surface area contributed by atoms with Crippen LogP contribution in [0.3, 0.4) is 0 Å². The average molecular weight is 448 g/mol. The molecule has 0 bridgehead atoms. The number of hydrogen-bond donors (Lipinski definition) is 0. The van der Waals surface area contributed by atoms with Crippen molar-refractivity contribution < 1.29 is 0 Å². The zero-order valence-electron chi connectivity index (χ0n) is 14.9. The Morgan fingerprint density at radius 2 is 2.12 bits per heavy atom. The summed E-state index contributed by atoms with van der Waals surface area (Å²) in [6, 6.07) is 8.48. The van der Waals surface area contributed by atoms with Gasteiger partial charge in [0, 0.05) is 32.6 Å². The smallest absolute Gasteiger partial charge is 0.191 e. The van der Waals surface area contributed by atoms with E-state index in [4.69, 9.17) is 0 Å². The zero-order chi connectivity index (χ0) is 17.9. The number of fused-ring (bicyclic) bond motifs is 1. The third kappa shape index (κ3) is 3.78. The van der Waals surface area contributed by atoms with Crippen molar-refractivity contribution in [3.63, 3.8) is 0 Å². The zero-order valence-corrected chi connectivity index (χ0v) is 18.1. The van der Waals surface area contributed by atoms with Crippen LogP contribution < -0.4 is 0 Å². The summed E-state index contributed by atoms with van der Waals surface area (Å²) in [5.74, 6) is 1.96. The van der Waals surface area contributed by atoms with Crippen LogP contribution in [0.1, 0.15) is 42.2 Å². The van der Waals surface area contributed by atoms with E-state index in [0.717, 1.165) is 34.2 Å². The van der Waals surface area contributed by atoms with Crippen LogP contribution >= 0.6 is 39.0 Å². The van der Waals surface area contributed by atoms with E-state index in [1.807, 2.05) is 11.3 Å². The predicted molar refractivity (Wildman–Crippen MR) is 114 cm³/mol. The first-order valence-electron chi connectivity index (χ1n) is 9.16. The predicted octanol–water partition coefficient (Wildman–Crippen LogP) is 6.35. The van der Waals surface area contributed by atoms with Gasteiger partial charge in [-0.2, -0.15) is 0 Å². The molecule has 3 nitrogen and oxygen atoms in total. The van der Waals surface area contributed by atoms with Crippen LogP contribution in [0.4, 0.5) is 0 Å². The number of thioether (sulfide) groups is 1. The Kier molecular flexibility index (Phi) is 5.81. The lowest BCUT2D eigenvalue weighted by Crippen LogP contribution is -2.05. The molecule has 0 spiro atoms. The molecule has 0 saturated carbocycles. The molecule has 2 heterocycles. The Morgan fingerprint density at radius 3 is 2.96 bits per heavy atom. The van der Waals surface area contributed by atoms with Crippen molar-refractivity contribution in [1.82, 2.24) is 14.8 Å². The van der Waals surface area contributed by atoms with Crippen molar-refractivity contribution in [2.45, 2.75) is 56.5 Å². The van der Waals surface area contributed by atoms with Gasteiger partial charge in [0.2, 0.25) is 0 Å². The van der Waals surface area contributed by atoms with Gasteiger partial charge in [0.15, 0.2) is 11.0 Å². The highest BCUT2D eigenvalue weighted by Crippen LogP contribution is 2.37. The first-order chi connectivity index (χ1) is 12.8. The van der Waals surface area contributed by atoms with Crippen molar-refractivity contribution in [3.05, 3.63) is 50.1 Å². The molecule has 1 aliphatic carbocycles. The molecule has 0 radical (unpaired) electrons. The summed E-state index contributed by atoms with van der Waals surface area (Å²) in [7, 11) is 0. The van der Waals surface area contributed by atoms with Crippen LogP contribution in [0, 0.1) is 0 Å². The first-order valence-corrected chi connectivity index (χ1v) is 11.8. The van der Waals surface area contributed by atoms with Gasteiger partial charge in [-0.05, 0) is 55.4 Å². The van der Waals surface area contributed by atoms with Crippen molar-refractivity contribution in [2.24, 2.45) is 0 Å². The highest BCUT2D eigenvalue weighted by atomic mass is 79.9. The van der Waals surface area contributed by atoms with E-state index in [0.29, 0.717) is 0 Å². The molecule has 2 aromatic heterocycles. The second-order valence-corrected chi connectivity index (χ2v) is 9.46. The highest BCUT2D eigenvalue weighted by molar-refractivity contribution is 9.10. The van der Waals surface area contributed by atoms with Crippen LogP contribution in [0.25, 0.3) is 11.4 Å². The van der Waals surface area contributed by atoms with Crippen LogP contribution in [0.5, 0.6) is 0 Å². The van der Waals surface area contributed by atoms with Crippen LogP contribution in [0.15, 0.2) is 39.3 Å². The van der Waals surface area contributed by atoms with E-state index in [-0.39, 0.29) is 0 Å². The fourth-order valence-corrected chi connectivity index (χ4v) is 5.95. The topological polar surface area (TPSA) is 30.7 Å². The Bertz CT molecular complexity index is 900. The van der Waals surface area contributed by atoms with Gasteiger partial charge < -0.3 is 4.57 Å². The third-order valence-corrected chi connectivity index (χ3v) is 7.34. The molecule has 0 aliphatic heterocycles. The molecular weight excluding hydrogens is 426 g/mol. The summed E-state index contributed by atoms with van der Waals surface area (Å²) in [5, 5.41) is 12.5. The van der Waals surface area contributed by atoms with Gasteiger partial charge in [-0.15, -0.1) is 21.5 Å². The number of hydrogen-bond acceptors (Lipinski definition) is 4. The molecule has 4 rings (SSSR count). The molecule has 0 saturated heterocycles. The Hall–Kier alpha value is -1.11. The van der Waals surface area contributed by atoms with Gasteiger partial charge in [0.05, 0.1) is 0 Å². The van der Waals surface area contributed by atoms with E-state index in [9.17, 15) is 0 Å². The van der Waals surface area contributed by atoms with Crippen LogP contribution in [0.2, 0.25) is 0 Å². The minimum Gasteiger partial charge on any atom is -0.302 e. The molecule has 0 amide bonds. The maximum absolute atomic E-state index is 4.60. The molecule has 0 atom stereocenters. The van der Waals surface area contributed by atoms with Crippen LogP contribution in [-0.2, 0) is 25.1 Å². The Morgan fingerprint density at radius 1 is 1.23 bits per heavy atom. The number of thiophene rings is 1. The average Bonchev–Trinajstić information content (AvgIpc) is 3.24. The quantitative estimate of drug-likeness (QED) is 0.412. The summed E-state index contributed by atoms with van der Waals surface area (Å²) in [5.41, 5.74) is 4.14. The van der Waals surface area contributed by atoms with E-state index in [1.54, 1.807) is 16.6 Å². The molecule has 1 aromatic carbocycles. The number of rotatable bonds is 6. The molecule has 0 N–H and O–H groups in total. The van der Waals surface area contributed by atoms with Gasteiger partial charge in [-0.3, -0.25) is 0 Å². The number of halogens is 1. The third-order valence-electron chi connectivity index (χ3n) is 4.72. The van der Waals surface area contributed by atoms with Gasteiger partial charge >= 0.3 is 0 Å². The summed E-state index contributed by atoms with van der Waals surface area (Å²) in [6.45, 7) is 3.18. The molecular formula is C20H22BrN3S2. The van der Waals surface area contributed by atoms with Crippen molar-refractivity contribution in [3.8, 4) is 11.4 Å². The summed E-state index contributed by atoms with van der Waals surface area (Å²) in [6.07, 6.45) is 6.12. The molecule has 136 valence electrons. The van der Waals surface area contributed by atoms with Crippen molar-refractivity contribution >= 4 is 39.0 Å². The largest absolute Gasteiger partial charge is 0.302 e. The minimum absolute atomic E-state index is 0.906. The summed E-state index contributed by atoms with van der Waals surface area (Å²) >= 11 is 7.23. The molecule has 0 unspecified atom stereocenters. The highest BCUT2D eigenvalue weighted by Gasteiger charge is 2.22. The second-order valence-electron chi connectivity index (χ2n) is 6.63. The molecule has 26 heavy (non-hydrogen) atoms. The monoisotopic (exact) mass is 447 g/mol. The number of nitrogens with zero attached hydrogens (tertiary/aromatic N) is 3. The lowest BCUT2D eigenvalue weighted by molar-refractivity contribution is 0.625. The van der Waals surface area contributed by atoms with E-state index in [2.05, 4.69) is 67.3 Å². The van der Waals surface area contributed by atoms with Crippen molar-refractivity contribution in [2.75, 3.05) is 0 Å². The Labute approximate surface area is 171 Å². The molecule has 0 fully saturated rings. The number of aromatic nitrogens is 3. The fraction of sp³-hybridized carbons (Fsp3) is 0.400. The number of aryl methyl sites for hydroxylation is 1. The summed E-state index contributed by atoms with van der Waals surface area (Å²) in [4.78, 5) is 1.56. The lowest BCUT2D eigenvalue weighted by atomic mass is 9.95. The van der Waals surface area contributed by atoms with Gasteiger partial charge in [-0.1, -0.05) is 46.7 Å². The Balaban J connectivity index is 1.62. The SMILES string of the molecule is CCCn1c(SCc2cccc(Br)c2)nnc1-c1csc2c1CCCC2. The first kappa shape index (κ1) is 18.3. The molecule has 3 aromatic rings. The van der Waals surface area contributed by atoms with Gasteiger partial charge in [-0.25, -0.2) is 0 Å². The van der Waals surface area contributed by atoms with E-state index >= 15 is 0 Å². The summed E-state index contributed by atoms with van der Waals surface area (Å²) < 4.78 is 3.44. The van der Waals surface area contributed by atoms with Crippen LogP contribution in [-0.4, -0.2) is 14.8 Å². The van der Waals surface area contributed by atoms with Crippen molar-refractivity contribution in [1.29, 1.82) is 0 Å². The fourth-order valence-electron chi connectivity index (χ4n) is 3.48. The molecule has 6 heteroatoms. The maximum Gasteiger partial charge on any atom is 0.191 e. The van der Waals surface area contributed by atoms with E-state index in [1.165, 1.54) is 42.4 Å². The maximum atomic E-state index is 4.60. The lowest BCUT2D eigenvalue weighted by Gasteiger charge is -2.13.